The van der Waals surface area contributed by atoms with Crippen LogP contribution < -0.4 is 10.6 Å². The summed E-state index contributed by atoms with van der Waals surface area (Å²) in [6, 6.07) is 25.5. The van der Waals surface area contributed by atoms with Crippen LogP contribution in [0.15, 0.2) is 89.4 Å². The molecule has 0 spiro atoms. The maximum Gasteiger partial charge on any atom is 0.251 e. The van der Waals surface area contributed by atoms with E-state index in [-0.39, 0.29) is 17.9 Å². The average Bonchev–Trinajstić information content (AvgIpc) is 2.74. The van der Waals surface area contributed by atoms with Crippen molar-refractivity contribution in [2.24, 2.45) is 0 Å². The normalized spacial score (nSPS) is 12.6. The highest BCUT2D eigenvalue weighted by molar-refractivity contribution is 9.10. The van der Waals surface area contributed by atoms with Gasteiger partial charge in [-0.3, -0.25) is 9.59 Å². The summed E-state index contributed by atoms with van der Waals surface area (Å²) < 4.78 is 0.953. The molecule has 3 rings (SSSR count). The van der Waals surface area contributed by atoms with Gasteiger partial charge in [-0.05, 0) is 42.3 Å². The van der Waals surface area contributed by atoms with E-state index in [1.54, 1.807) is 24.3 Å². The summed E-state index contributed by atoms with van der Waals surface area (Å²) >= 11 is 3.46. The van der Waals surface area contributed by atoms with Crippen LogP contribution in [0.4, 0.5) is 0 Å². The summed E-state index contributed by atoms with van der Waals surface area (Å²) in [6.07, 6.45) is 0.413. The Kier molecular flexibility index (Phi) is 7.19. The van der Waals surface area contributed by atoms with Gasteiger partial charge in [0.25, 0.3) is 5.91 Å². The second kappa shape index (κ2) is 10.0. The largest absolute Gasteiger partial charge is 0.348 e. The molecule has 0 aliphatic carbocycles. The van der Waals surface area contributed by atoms with Crippen LogP contribution in [0.2, 0.25) is 0 Å². The molecular formula is C24H23BrN2O2. The minimum atomic E-state index is -0.681. The van der Waals surface area contributed by atoms with Gasteiger partial charge in [-0.15, -0.1) is 0 Å². The molecule has 0 heterocycles. The van der Waals surface area contributed by atoms with Gasteiger partial charge in [-0.25, -0.2) is 0 Å². The summed E-state index contributed by atoms with van der Waals surface area (Å²) in [4.78, 5) is 25.7. The molecule has 0 bridgehead atoms. The highest BCUT2D eigenvalue weighted by Gasteiger charge is 2.23. The molecule has 3 aromatic carbocycles. The molecule has 4 nitrogen and oxygen atoms in total. The molecule has 29 heavy (non-hydrogen) atoms. The molecule has 2 amide bonds. The van der Waals surface area contributed by atoms with Crippen molar-refractivity contribution in [2.75, 3.05) is 0 Å². The SMILES string of the molecule is CC(NC(=O)C(Cc1ccccc1)NC(=O)c1ccccc1)c1cccc(Br)c1. The maximum atomic E-state index is 13.0. The fourth-order valence-corrected chi connectivity index (χ4v) is 3.48. The number of rotatable bonds is 7. The third kappa shape index (κ3) is 6.03. The van der Waals surface area contributed by atoms with Crippen molar-refractivity contribution in [3.63, 3.8) is 0 Å². The Labute approximate surface area is 179 Å². The van der Waals surface area contributed by atoms with Crippen molar-refractivity contribution in [2.45, 2.75) is 25.4 Å². The molecule has 0 aromatic heterocycles. The lowest BCUT2D eigenvalue weighted by Gasteiger charge is -2.22. The molecule has 3 aromatic rings. The average molecular weight is 451 g/mol. The number of hydrogen-bond acceptors (Lipinski definition) is 2. The summed E-state index contributed by atoms with van der Waals surface area (Å²) in [5.74, 6) is -0.484. The highest BCUT2D eigenvalue weighted by Crippen LogP contribution is 2.18. The molecule has 2 N–H and O–H groups in total. The number of hydrogen-bond donors (Lipinski definition) is 2. The summed E-state index contributed by atoms with van der Waals surface area (Å²) in [5, 5.41) is 5.92. The van der Waals surface area contributed by atoms with Gasteiger partial charge in [0.15, 0.2) is 0 Å². The second-order valence-corrected chi connectivity index (χ2v) is 7.78. The first-order valence-electron chi connectivity index (χ1n) is 9.48. The zero-order valence-corrected chi connectivity index (χ0v) is 17.7. The van der Waals surface area contributed by atoms with E-state index in [0.29, 0.717) is 12.0 Å². The first-order valence-corrected chi connectivity index (χ1v) is 10.3. The first kappa shape index (κ1) is 20.8. The summed E-state index contributed by atoms with van der Waals surface area (Å²) in [7, 11) is 0. The van der Waals surface area contributed by atoms with Crippen LogP contribution in [0.5, 0.6) is 0 Å². The van der Waals surface area contributed by atoms with Gasteiger partial charge in [0.2, 0.25) is 5.91 Å². The lowest BCUT2D eigenvalue weighted by Crippen LogP contribution is -2.48. The van der Waals surface area contributed by atoms with E-state index in [0.717, 1.165) is 15.6 Å². The van der Waals surface area contributed by atoms with E-state index in [2.05, 4.69) is 26.6 Å². The molecule has 0 aliphatic rings. The van der Waals surface area contributed by atoms with Gasteiger partial charge >= 0.3 is 0 Å². The number of carbonyl (C=O) groups is 2. The second-order valence-electron chi connectivity index (χ2n) is 6.87. The summed E-state index contributed by atoms with van der Waals surface area (Å²) in [5.41, 5.74) is 2.50. The van der Waals surface area contributed by atoms with Crippen molar-refractivity contribution in [1.29, 1.82) is 0 Å². The van der Waals surface area contributed by atoms with Crippen LogP contribution in [-0.4, -0.2) is 17.9 Å². The van der Waals surface area contributed by atoms with Crippen molar-refractivity contribution < 1.29 is 9.59 Å². The predicted octanol–water partition coefficient (Wildman–Crippen LogP) is 4.67. The van der Waals surface area contributed by atoms with E-state index >= 15 is 0 Å². The molecule has 0 saturated carbocycles. The highest BCUT2D eigenvalue weighted by atomic mass is 79.9. The van der Waals surface area contributed by atoms with E-state index in [1.807, 2.05) is 67.6 Å². The molecule has 148 valence electrons. The van der Waals surface area contributed by atoms with Gasteiger partial charge in [0.05, 0.1) is 6.04 Å². The lowest BCUT2D eigenvalue weighted by molar-refractivity contribution is -0.123. The van der Waals surface area contributed by atoms with E-state index < -0.39 is 6.04 Å². The number of benzene rings is 3. The molecule has 0 fully saturated rings. The minimum absolute atomic E-state index is 0.188. The van der Waals surface area contributed by atoms with Gasteiger partial charge in [0.1, 0.15) is 6.04 Å². The molecule has 5 heteroatoms. The molecule has 0 saturated heterocycles. The molecular weight excluding hydrogens is 428 g/mol. The number of halogens is 1. The standard InChI is InChI=1S/C24H23BrN2O2/c1-17(20-13-8-14-21(25)16-20)26-24(29)22(15-18-9-4-2-5-10-18)27-23(28)19-11-6-3-7-12-19/h2-14,16-17,22H,15H2,1H3,(H,26,29)(H,27,28). The van der Waals surface area contributed by atoms with Gasteiger partial charge in [0, 0.05) is 16.5 Å². The van der Waals surface area contributed by atoms with Crippen LogP contribution in [0.25, 0.3) is 0 Å². The van der Waals surface area contributed by atoms with E-state index in [9.17, 15) is 9.59 Å². The van der Waals surface area contributed by atoms with Crippen LogP contribution in [0.3, 0.4) is 0 Å². The monoisotopic (exact) mass is 450 g/mol. The maximum absolute atomic E-state index is 13.0. The smallest absolute Gasteiger partial charge is 0.251 e. The van der Waals surface area contributed by atoms with Crippen LogP contribution in [0.1, 0.15) is 34.5 Å². The molecule has 2 atom stereocenters. The topological polar surface area (TPSA) is 58.2 Å². The first-order chi connectivity index (χ1) is 14.0. The lowest BCUT2D eigenvalue weighted by atomic mass is 10.0. The quantitative estimate of drug-likeness (QED) is 0.549. The van der Waals surface area contributed by atoms with E-state index in [1.165, 1.54) is 0 Å². The van der Waals surface area contributed by atoms with Crippen LogP contribution in [-0.2, 0) is 11.2 Å². The fraction of sp³-hybridized carbons (Fsp3) is 0.167. The van der Waals surface area contributed by atoms with E-state index in [4.69, 9.17) is 0 Å². The third-order valence-electron chi connectivity index (χ3n) is 4.65. The molecule has 0 radical (unpaired) electrons. The van der Waals surface area contributed by atoms with Crippen molar-refractivity contribution in [3.8, 4) is 0 Å². The Morgan fingerprint density at radius 2 is 1.52 bits per heavy atom. The Balaban J connectivity index is 1.76. The Hall–Kier alpha value is -2.92. The van der Waals surface area contributed by atoms with Gasteiger partial charge < -0.3 is 10.6 Å². The Morgan fingerprint density at radius 3 is 2.17 bits per heavy atom. The van der Waals surface area contributed by atoms with Crippen molar-refractivity contribution in [1.82, 2.24) is 10.6 Å². The summed E-state index contributed by atoms with van der Waals surface area (Å²) in [6.45, 7) is 1.93. The molecule has 2 unspecified atom stereocenters. The fourth-order valence-electron chi connectivity index (χ4n) is 3.06. The number of amides is 2. The predicted molar refractivity (Wildman–Crippen MR) is 119 cm³/mol. The van der Waals surface area contributed by atoms with Crippen molar-refractivity contribution >= 4 is 27.7 Å². The Bertz CT molecular complexity index is 961. The van der Waals surface area contributed by atoms with Gasteiger partial charge in [-0.1, -0.05) is 76.6 Å². The van der Waals surface area contributed by atoms with Gasteiger partial charge in [-0.2, -0.15) is 0 Å². The zero-order valence-electron chi connectivity index (χ0n) is 16.1. The van der Waals surface area contributed by atoms with Crippen LogP contribution >= 0.6 is 15.9 Å². The Morgan fingerprint density at radius 1 is 0.862 bits per heavy atom. The van der Waals surface area contributed by atoms with Crippen LogP contribution in [0, 0.1) is 0 Å². The third-order valence-corrected chi connectivity index (χ3v) is 5.14. The molecule has 0 aliphatic heterocycles. The number of nitrogens with one attached hydrogen (secondary N) is 2. The number of carbonyl (C=O) groups excluding carboxylic acids is 2. The van der Waals surface area contributed by atoms with Crippen molar-refractivity contribution in [3.05, 3.63) is 106 Å². The zero-order chi connectivity index (χ0) is 20.6. The minimum Gasteiger partial charge on any atom is -0.348 e.